The maximum Gasteiger partial charge on any atom is 0.191 e. The summed E-state index contributed by atoms with van der Waals surface area (Å²) in [5.41, 5.74) is 2.16. The molecule has 1 fully saturated rings. The van der Waals surface area contributed by atoms with Gasteiger partial charge in [0, 0.05) is 29.8 Å². The summed E-state index contributed by atoms with van der Waals surface area (Å²) in [7, 11) is 2.05. The van der Waals surface area contributed by atoms with Crippen molar-refractivity contribution in [1.82, 2.24) is 20.2 Å². The second kappa shape index (κ2) is 9.84. The molecule has 29 heavy (non-hydrogen) atoms. The van der Waals surface area contributed by atoms with E-state index in [4.69, 9.17) is 9.98 Å². The fourth-order valence-electron chi connectivity index (χ4n) is 3.27. The summed E-state index contributed by atoms with van der Waals surface area (Å²) in [6.07, 6.45) is 2.48. The number of aliphatic imine (C=N–C) groups is 1. The van der Waals surface area contributed by atoms with E-state index in [0.717, 1.165) is 35.9 Å². The molecular weight excluding hydrogens is 493 g/mol. The number of hydrogen-bond donors (Lipinski definition) is 2. The van der Waals surface area contributed by atoms with Crippen LogP contribution in [-0.4, -0.2) is 33.3 Å². The highest BCUT2D eigenvalue weighted by Crippen LogP contribution is 2.51. The van der Waals surface area contributed by atoms with Crippen molar-refractivity contribution >= 4 is 52.7 Å². The molecule has 0 spiro atoms. The molecule has 0 radical (unpaired) electrons. The summed E-state index contributed by atoms with van der Waals surface area (Å²) in [5.74, 6) is 1.83. The Morgan fingerprint density at radius 2 is 1.83 bits per heavy atom. The fraction of sp³-hybridized carbons (Fsp3) is 0.364. The quantitative estimate of drug-likeness (QED) is 0.272. The van der Waals surface area contributed by atoms with Crippen LogP contribution in [0.3, 0.4) is 0 Å². The zero-order valence-corrected chi connectivity index (χ0v) is 20.0. The number of aryl methyl sites for hydroxylation is 1. The highest BCUT2D eigenvalue weighted by Gasteiger charge is 2.43. The molecule has 0 bridgehead atoms. The van der Waals surface area contributed by atoms with E-state index in [2.05, 4.69) is 65.6 Å². The van der Waals surface area contributed by atoms with Gasteiger partial charge in [0.1, 0.15) is 12.4 Å². The summed E-state index contributed by atoms with van der Waals surface area (Å²) < 4.78 is 2.41. The maximum absolute atomic E-state index is 4.78. The molecule has 2 aromatic carbocycles. The van der Waals surface area contributed by atoms with Gasteiger partial charge in [0.05, 0.1) is 11.0 Å². The molecule has 7 heteroatoms. The van der Waals surface area contributed by atoms with Crippen LogP contribution in [0.5, 0.6) is 0 Å². The van der Waals surface area contributed by atoms with Crippen molar-refractivity contribution in [3.05, 3.63) is 60.4 Å². The Kier molecular flexibility index (Phi) is 7.45. The van der Waals surface area contributed by atoms with Gasteiger partial charge in [0.2, 0.25) is 0 Å². The Hall–Kier alpha value is -1.74. The number of nitrogens with zero attached hydrogens (tertiary/aromatic N) is 3. The Bertz CT molecular complexity index is 966. The molecular formula is C22H28IN5S. The highest BCUT2D eigenvalue weighted by atomic mass is 127. The first-order chi connectivity index (χ1) is 13.7. The SMILES string of the molecule is CCNC(=NCc1nc2ccccc2n1C)NCC1(Sc2ccccc2)CC1.I. The van der Waals surface area contributed by atoms with Gasteiger partial charge < -0.3 is 15.2 Å². The van der Waals surface area contributed by atoms with Gasteiger partial charge in [-0.15, -0.1) is 35.7 Å². The number of guanidine groups is 1. The highest BCUT2D eigenvalue weighted by molar-refractivity contribution is 14.0. The van der Waals surface area contributed by atoms with Crippen molar-refractivity contribution in [2.45, 2.75) is 36.0 Å². The monoisotopic (exact) mass is 521 g/mol. The van der Waals surface area contributed by atoms with E-state index in [1.54, 1.807) is 0 Å². The van der Waals surface area contributed by atoms with E-state index in [-0.39, 0.29) is 28.7 Å². The van der Waals surface area contributed by atoms with Crippen LogP contribution in [0.1, 0.15) is 25.6 Å². The molecule has 154 valence electrons. The summed E-state index contributed by atoms with van der Waals surface area (Å²) in [4.78, 5) is 10.8. The molecule has 1 heterocycles. The predicted molar refractivity (Wildman–Crippen MR) is 133 cm³/mol. The van der Waals surface area contributed by atoms with Crippen LogP contribution < -0.4 is 10.6 Å². The molecule has 4 rings (SSSR count). The number of aromatic nitrogens is 2. The molecule has 2 N–H and O–H groups in total. The molecule has 3 aromatic rings. The van der Waals surface area contributed by atoms with E-state index < -0.39 is 0 Å². The second-order valence-electron chi connectivity index (χ2n) is 7.22. The van der Waals surface area contributed by atoms with Gasteiger partial charge in [-0.25, -0.2) is 9.98 Å². The number of benzene rings is 2. The first-order valence-corrected chi connectivity index (χ1v) is 10.7. The Labute approximate surface area is 193 Å². The summed E-state index contributed by atoms with van der Waals surface area (Å²) >= 11 is 1.98. The molecule has 0 unspecified atom stereocenters. The number of imidazole rings is 1. The van der Waals surface area contributed by atoms with Crippen molar-refractivity contribution in [2.24, 2.45) is 12.0 Å². The van der Waals surface area contributed by atoms with Gasteiger partial charge >= 0.3 is 0 Å². The van der Waals surface area contributed by atoms with Gasteiger partial charge in [0.25, 0.3) is 0 Å². The summed E-state index contributed by atoms with van der Waals surface area (Å²) in [6.45, 7) is 4.41. The molecule has 0 saturated heterocycles. The predicted octanol–water partition coefficient (Wildman–Crippen LogP) is 4.57. The summed E-state index contributed by atoms with van der Waals surface area (Å²) in [6, 6.07) is 18.9. The van der Waals surface area contributed by atoms with Crippen molar-refractivity contribution < 1.29 is 0 Å². The summed E-state index contributed by atoms with van der Waals surface area (Å²) in [5, 5.41) is 6.91. The zero-order valence-electron chi connectivity index (χ0n) is 16.9. The molecule has 1 aliphatic rings. The van der Waals surface area contributed by atoms with Crippen LogP contribution >= 0.6 is 35.7 Å². The molecule has 0 atom stereocenters. The van der Waals surface area contributed by atoms with E-state index in [1.807, 2.05) is 30.0 Å². The van der Waals surface area contributed by atoms with Crippen LogP contribution in [0.25, 0.3) is 11.0 Å². The van der Waals surface area contributed by atoms with Gasteiger partial charge in [-0.1, -0.05) is 30.3 Å². The number of halogens is 1. The number of nitrogens with one attached hydrogen (secondary N) is 2. The lowest BCUT2D eigenvalue weighted by atomic mass is 10.3. The van der Waals surface area contributed by atoms with Crippen LogP contribution in [0.2, 0.25) is 0 Å². The lowest BCUT2D eigenvalue weighted by Gasteiger charge is -2.18. The van der Waals surface area contributed by atoms with E-state index in [1.165, 1.54) is 17.7 Å². The maximum atomic E-state index is 4.78. The molecule has 0 aliphatic heterocycles. The third kappa shape index (κ3) is 5.45. The van der Waals surface area contributed by atoms with Crippen molar-refractivity contribution in [1.29, 1.82) is 0 Å². The van der Waals surface area contributed by atoms with Gasteiger partial charge in [0.15, 0.2) is 5.96 Å². The molecule has 5 nitrogen and oxygen atoms in total. The average molecular weight is 521 g/mol. The van der Waals surface area contributed by atoms with Gasteiger partial charge in [-0.2, -0.15) is 0 Å². The number of para-hydroxylation sites is 2. The number of fused-ring (bicyclic) bond motifs is 1. The fourth-order valence-corrected chi connectivity index (χ4v) is 4.51. The minimum Gasteiger partial charge on any atom is -0.357 e. The Balaban J connectivity index is 0.00000240. The zero-order chi connectivity index (χ0) is 19.4. The van der Waals surface area contributed by atoms with Crippen LogP contribution in [0, 0.1) is 0 Å². The van der Waals surface area contributed by atoms with E-state index in [0.29, 0.717) is 6.54 Å². The Morgan fingerprint density at radius 3 is 2.52 bits per heavy atom. The van der Waals surface area contributed by atoms with E-state index in [9.17, 15) is 0 Å². The van der Waals surface area contributed by atoms with Gasteiger partial charge in [-0.3, -0.25) is 0 Å². The van der Waals surface area contributed by atoms with Crippen LogP contribution in [0.15, 0.2) is 64.5 Å². The van der Waals surface area contributed by atoms with Crippen LogP contribution in [0.4, 0.5) is 0 Å². The molecule has 0 amide bonds. The average Bonchev–Trinajstić information content (AvgIpc) is 3.41. The second-order valence-corrected chi connectivity index (χ2v) is 8.76. The lowest BCUT2D eigenvalue weighted by Crippen LogP contribution is -2.41. The minimum absolute atomic E-state index is 0. The minimum atomic E-state index is 0. The molecule has 1 saturated carbocycles. The lowest BCUT2D eigenvalue weighted by molar-refractivity contribution is 0.754. The number of thioether (sulfide) groups is 1. The largest absolute Gasteiger partial charge is 0.357 e. The first kappa shape index (κ1) is 22.0. The first-order valence-electron chi connectivity index (χ1n) is 9.86. The van der Waals surface area contributed by atoms with Crippen molar-refractivity contribution in [3.63, 3.8) is 0 Å². The Morgan fingerprint density at radius 1 is 1.10 bits per heavy atom. The third-order valence-corrected chi connectivity index (χ3v) is 6.56. The standard InChI is InChI=1S/C22H27N5S.HI/c1-3-23-21(24-15-20-26-18-11-7-8-12-19(18)27(20)2)25-16-22(13-14-22)28-17-9-5-4-6-10-17;/h4-12H,3,13-16H2,1-2H3,(H2,23,24,25);1H. The number of hydrogen-bond acceptors (Lipinski definition) is 3. The normalized spacial score (nSPS) is 15.0. The smallest absolute Gasteiger partial charge is 0.191 e. The third-order valence-electron chi connectivity index (χ3n) is 5.07. The van der Waals surface area contributed by atoms with Crippen molar-refractivity contribution in [2.75, 3.05) is 13.1 Å². The topological polar surface area (TPSA) is 54.2 Å². The molecule has 1 aromatic heterocycles. The molecule has 1 aliphatic carbocycles. The number of rotatable bonds is 7. The van der Waals surface area contributed by atoms with Crippen LogP contribution in [-0.2, 0) is 13.6 Å². The van der Waals surface area contributed by atoms with Crippen molar-refractivity contribution in [3.8, 4) is 0 Å². The van der Waals surface area contributed by atoms with E-state index >= 15 is 0 Å². The van der Waals surface area contributed by atoms with Gasteiger partial charge in [-0.05, 0) is 44.0 Å².